The van der Waals surface area contributed by atoms with Gasteiger partial charge in [0.15, 0.2) is 0 Å². The molecule has 31 heteroatoms. The number of anilines is 2. The molecule has 8 atom stereocenters. The third kappa shape index (κ3) is 20.4. The molecule has 9 N–H and O–H groups in total. The molecule has 1 amide bonds. The minimum absolute atomic E-state index is 0.0779. The molecule has 472 valence electrons. The molecule has 6 heterocycles. The number of aromatic nitrogens is 10. The number of amides is 1. The van der Waals surface area contributed by atoms with Crippen molar-refractivity contribution in [2.45, 2.75) is 209 Å². The van der Waals surface area contributed by atoms with Gasteiger partial charge in [-0.25, -0.2) is 29.3 Å². The van der Waals surface area contributed by atoms with Gasteiger partial charge in [0.2, 0.25) is 17.8 Å². The molecule has 2 aliphatic rings. The normalized spacial score (nSPS) is 22.1. The maximum Gasteiger partial charge on any atom is 0.433 e. The summed E-state index contributed by atoms with van der Waals surface area (Å²) in [5.41, 5.74) is 1.60. The number of unbranched alkanes of at least 4 members (excludes halogenated alkanes) is 2. The number of aliphatic hydroxyl groups excluding tert-OH is 4. The number of carbonyl (C=O) groups is 1. The lowest BCUT2D eigenvalue weighted by Crippen LogP contribution is -2.57. The largest absolute Gasteiger partial charge is 0.433 e. The number of halogens is 6. The number of nitrogens with two attached hydrogens (primary N) is 1. The molecule has 84 heavy (non-hydrogen) atoms. The Labute approximate surface area is 483 Å². The molecule has 0 radical (unpaired) electrons. The monoisotopic (exact) mass is 1200 g/mol. The van der Waals surface area contributed by atoms with E-state index in [2.05, 4.69) is 56.5 Å². The molecule has 0 bridgehead atoms. The van der Waals surface area contributed by atoms with Crippen molar-refractivity contribution < 1.29 is 80.0 Å². The number of ether oxygens (including phenoxy) is 6. The van der Waals surface area contributed by atoms with Crippen molar-refractivity contribution in [3.63, 3.8) is 0 Å². The van der Waals surface area contributed by atoms with Gasteiger partial charge in [0, 0.05) is 44.9 Å². The number of rotatable bonds is 32. The predicted molar refractivity (Wildman–Crippen MR) is 288 cm³/mol. The van der Waals surface area contributed by atoms with Crippen molar-refractivity contribution in [2.75, 3.05) is 56.8 Å². The van der Waals surface area contributed by atoms with Gasteiger partial charge < -0.3 is 70.5 Å². The predicted octanol–water partition coefficient (Wildman–Crippen LogP) is 4.05. The fourth-order valence-electron chi connectivity index (χ4n) is 9.32. The van der Waals surface area contributed by atoms with Crippen LogP contribution in [0.25, 0.3) is 0 Å². The molecule has 0 saturated carbocycles. The number of carbonyl (C=O) groups excluding carboxylic acids is 1. The van der Waals surface area contributed by atoms with Crippen LogP contribution in [0.5, 0.6) is 0 Å². The molecular formula is C53H82F6N14O11. The Morgan fingerprint density at radius 1 is 0.667 bits per heavy atom. The van der Waals surface area contributed by atoms with Crippen molar-refractivity contribution in [2.24, 2.45) is 5.73 Å². The second-order valence-corrected chi connectivity index (χ2v) is 23.7. The smallest absolute Gasteiger partial charge is 0.388 e. The summed E-state index contributed by atoms with van der Waals surface area (Å²) in [7, 11) is 0. The number of aliphatic hydroxyl groups is 4. The van der Waals surface area contributed by atoms with Crippen LogP contribution in [0.15, 0.2) is 36.9 Å². The van der Waals surface area contributed by atoms with Gasteiger partial charge in [-0.2, -0.15) is 26.3 Å². The molecule has 4 aromatic rings. The Kier molecular flexibility index (Phi) is 23.7. The molecule has 2 fully saturated rings. The van der Waals surface area contributed by atoms with Crippen molar-refractivity contribution in [1.29, 1.82) is 0 Å². The molecule has 0 spiro atoms. The summed E-state index contributed by atoms with van der Waals surface area (Å²) in [5.74, 6) is -0.890. The molecule has 6 rings (SSSR count). The summed E-state index contributed by atoms with van der Waals surface area (Å²) in [6.45, 7) is 16.3. The van der Waals surface area contributed by atoms with Crippen LogP contribution in [0.3, 0.4) is 0 Å². The highest BCUT2D eigenvalue weighted by molar-refractivity contribution is 5.76. The summed E-state index contributed by atoms with van der Waals surface area (Å²) >= 11 is 0. The van der Waals surface area contributed by atoms with Crippen molar-refractivity contribution in [3.05, 3.63) is 59.7 Å². The number of nitrogens with one attached hydrogen (secondary N) is 3. The Morgan fingerprint density at radius 2 is 1.10 bits per heavy atom. The number of hydrogen-bond acceptors (Lipinski definition) is 22. The standard InChI is InChI=1S/C53H82F6N14O11/c1-48(2,15-20-83-50(5,6)22-37-44(77)42(75)35(30-81-37)64-46-61-18-13-39(66-46)52(54,55)56)72-24-32(68-70-72)26-79-28-34(63-41(74)12-10-9-11-17-60)29-80-27-33-25-73(71-69-33)49(3,4)16-21-84-51(7,8)23-38-45(78)43(76)36(31-82-38)65-47-62-19-14-40(67-47)53(57,58)59/h13-14,18-19,24-25,34-38,42-45,75-78H,9-12,15-17,20-23,26-31,60H2,1-8H3,(H,63,74)(H,61,64,66)(H,62,65,67)/t35-,36-,37+,38+,42+,43+,44-,45-/m0/s1. The van der Waals surface area contributed by atoms with Crippen LogP contribution in [0.2, 0.25) is 0 Å². The van der Waals surface area contributed by atoms with Gasteiger partial charge in [-0.3, -0.25) is 4.79 Å². The fourth-order valence-corrected chi connectivity index (χ4v) is 9.32. The van der Waals surface area contributed by atoms with Gasteiger partial charge in [0.25, 0.3) is 0 Å². The highest BCUT2D eigenvalue weighted by atomic mass is 19.4. The van der Waals surface area contributed by atoms with E-state index < -0.39 is 101 Å². The van der Waals surface area contributed by atoms with Crippen LogP contribution in [0.4, 0.5) is 38.2 Å². The van der Waals surface area contributed by atoms with Crippen LogP contribution in [-0.2, 0) is 69.9 Å². The highest BCUT2D eigenvalue weighted by Crippen LogP contribution is 2.33. The quantitative estimate of drug-likeness (QED) is 0.0253. The zero-order chi connectivity index (χ0) is 61.7. The Hall–Kier alpha value is -5.35. The van der Waals surface area contributed by atoms with E-state index in [4.69, 9.17) is 34.2 Å². The third-order valence-electron chi connectivity index (χ3n) is 14.5. The topological polar surface area (TPSA) is 328 Å². The van der Waals surface area contributed by atoms with E-state index in [1.54, 1.807) is 21.8 Å². The first kappa shape index (κ1) is 67.8. The molecular weight excluding hydrogens is 1120 g/mol. The summed E-state index contributed by atoms with van der Waals surface area (Å²) in [5, 5.41) is 69.2. The van der Waals surface area contributed by atoms with Crippen LogP contribution in [0, 0.1) is 0 Å². The highest BCUT2D eigenvalue weighted by Gasteiger charge is 2.44. The zero-order valence-electron chi connectivity index (χ0n) is 48.6. The third-order valence-corrected chi connectivity index (χ3v) is 14.5. The average Bonchev–Trinajstić information content (AvgIpc) is 4.17. The van der Waals surface area contributed by atoms with Gasteiger partial charge >= 0.3 is 12.4 Å². The van der Waals surface area contributed by atoms with Crippen molar-refractivity contribution in [1.82, 2.24) is 55.2 Å². The lowest BCUT2D eigenvalue weighted by molar-refractivity contribution is -0.165. The molecule has 2 saturated heterocycles. The van der Waals surface area contributed by atoms with E-state index >= 15 is 0 Å². The lowest BCUT2D eigenvalue weighted by Gasteiger charge is -2.41. The van der Waals surface area contributed by atoms with E-state index in [1.807, 2.05) is 55.4 Å². The second-order valence-electron chi connectivity index (χ2n) is 23.7. The van der Waals surface area contributed by atoms with E-state index in [0.717, 1.165) is 37.4 Å². The molecule has 0 unspecified atom stereocenters. The van der Waals surface area contributed by atoms with Crippen LogP contribution in [-0.4, -0.2) is 188 Å². The number of nitrogens with zero attached hydrogens (tertiary/aromatic N) is 10. The van der Waals surface area contributed by atoms with E-state index in [9.17, 15) is 51.6 Å². The summed E-state index contributed by atoms with van der Waals surface area (Å²) in [6, 6.07) is -1.03. The average molecular weight is 1210 g/mol. The van der Waals surface area contributed by atoms with Crippen LogP contribution >= 0.6 is 0 Å². The molecule has 0 aliphatic carbocycles. The fraction of sp³-hybridized carbons (Fsp3) is 0.755. The minimum atomic E-state index is -4.69. The van der Waals surface area contributed by atoms with Crippen molar-refractivity contribution >= 4 is 17.8 Å². The molecule has 0 aromatic carbocycles. The second kappa shape index (κ2) is 29.4. The zero-order valence-corrected chi connectivity index (χ0v) is 48.6. The Balaban J connectivity index is 0.922. The van der Waals surface area contributed by atoms with Crippen LogP contribution < -0.4 is 21.7 Å². The lowest BCUT2D eigenvalue weighted by atomic mass is 9.90. The van der Waals surface area contributed by atoms with E-state index in [-0.39, 0.29) is 83.5 Å². The van der Waals surface area contributed by atoms with Gasteiger partial charge in [-0.1, -0.05) is 16.8 Å². The minimum Gasteiger partial charge on any atom is -0.388 e. The van der Waals surface area contributed by atoms with E-state index in [1.165, 1.54) is 0 Å². The molecule has 25 nitrogen and oxygen atoms in total. The maximum absolute atomic E-state index is 13.2. The van der Waals surface area contributed by atoms with Crippen molar-refractivity contribution in [3.8, 4) is 0 Å². The van der Waals surface area contributed by atoms with E-state index in [0.29, 0.717) is 43.6 Å². The SMILES string of the molecule is CC(C)(C[C@H]1OC[C@H](Nc2nccc(C(F)(F)F)n2)[C@@H](O)[C@H]1O)OCCC(C)(C)n1cc(COCC(COCc2cn(C(C)(C)CCOC(C)(C)C[C@H]3OC[C@H](Nc4nccc(C(F)(F)F)n4)[C@@H](O)[C@H]3O)nn2)NC(=O)CCCCCN)nn1. The van der Waals surface area contributed by atoms with Gasteiger partial charge in [-0.15, -0.1) is 10.2 Å². The molecule has 2 aliphatic heterocycles. The maximum atomic E-state index is 13.2. The number of alkyl halides is 6. The summed E-state index contributed by atoms with van der Waals surface area (Å²) < 4.78 is 119. The summed E-state index contributed by atoms with van der Waals surface area (Å²) in [4.78, 5) is 27.5. The first-order valence-corrected chi connectivity index (χ1v) is 27.9. The first-order chi connectivity index (χ1) is 39.3. The molecule has 4 aromatic heterocycles. The van der Waals surface area contributed by atoms with Gasteiger partial charge in [0.1, 0.15) is 47.2 Å². The number of hydrogen-bond donors (Lipinski definition) is 8. The van der Waals surface area contributed by atoms with Crippen LogP contribution in [0.1, 0.15) is 130 Å². The Morgan fingerprint density at radius 3 is 1.50 bits per heavy atom. The van der Waals surface area contributed by atoms with Gasteiger partial charge in [-0.05, 0) is 99.8 Å². The first-order valence-electron chi connectivity index (χ1n) is 27.9. The summed E-state index contributed by atoms with van der Waals surface area (Å²) in [6.07, 6.45) is -7.28. The Bertz CT molecular complexity index is 2500. The van der Waals surface area contributed by atoms with Gasteiger partial charge in [0.05, 0.1) is 105 Å².